The van der Waals surface area contributed by atoms with Crippen LogP contribution >= 0.6 is 11.8 Å². The molecular weight excluding hydrogens is 434 g/mol. The van der Waals surface area contributed by atoms with E-state index in [0.29, 0.717) is 5.56 Å². The van der Waals surface area contributed by atoms with Crippen LogP contribution in [0.4, 0.5) is 0 Å². The molecule has 2 aromatic heterocycles. The average Bonchev–Trinajstić information content (AvgIpc) is 3.28. The predicted octanol–water partition coefficient (Wildman–Crippen LogP) is 5.47. The number of aromatic nitrogens is 3. The number of imidazole rings is 1. The Morgan fingerprint density at radius 2 is 1.73 bits per heavy atom. The fourth-order valence-electron chi connectivity index (χ4n) is 4.30. The molecule has 1 fully saturated rings. The van der Waals surface area contributed by atoms with Crippen molar-refractivity contribution >= 4 is 22.8 Å². The van der Waals surface area contributed by atoms with Crippen LogP contribution in [0.2, 0.25) is 0 Å². The molecule has 3 N–H and O–H groups in total. The summed E-state index contributed by atoms with van der Waals surface area (Å²) in [6, 6.07) is 13.7. The Morgan fingerprint density at radius 3 is 2.48 bits per heavy atom. The van der Waals surface area contributed by atoms with Gasteiger partial charge >= 0.3 is 0 Å². The molecule has 4 aromatic rings. The van der Waals surface area contributed by atoms with Crippen molar-refractivity contribution in [1.82, 2.24) is 15.0 Å². The van der Waals surface area contributed by atoms with Crippen molar-refractivity contribution in [2.24, 2.45) is 0 Å². The molecule has 6 nitrogen and oxygen atoms in total. The number of aromatic amines is 1. The summed E-state index contributed by atoms with van der Waals surface area (Å²) in [6.45, 7) is -0.232. The third-order valence-corrected chi connectivity index (χ3v) is 7.14. The first kappa shape index (κ1) is 21.9. The van der Waals surface area contributed by atoms with Gasteiger partial charge in [-0.15, -0.1) is 0 Å². The Hall–Kier alpha value is -2.87. The highest BCUT2D eigenvalue weighted by Crippen LogP contribution is 2.39. The molecule has 33 heavy (non-hydrogen) atoms. The quantitative estimate of drug-likeness (QED) is 0.338. The standard InChI is InChI=1S/C26H27N3O3S/c30-15-18-7-6-17(12-19(18)16-31)26-28-22-13-24(32-20-4-2-1-3-5-20)25(14-23(22)29-26)33-21-8-10-27-11-9-21/h6-14,20,30-31H,1-5,15-16H2,(H,28,29). The summed E-state index contributed by atoms with van der Waals surface area (Å²) in [6.07, 6.45) is 9.73. The molecule has 0 saturated heterocycles. The van der Waals surface area contributed by atoms with Crippen LogP contribution in [-0.2, 0) is 13.2 Å². The molecule has 0 spiro atoms. The van der Waals surface area contributed by atoms with Gasteiger partial charge in [0.15, 0.2) is 0 Å². The lowest BCUT2D eigenvalue weighted by Gasteiger charge is -2.24. The van der Waals surface area contributed by atoms with E-state index in [1.54, 1.807) is 24.2 Å². The summed E-state index contributed by atoms with van der Waals surface area (Å²) in [5.74, 6) is 1.59. The molecule has 0 bridgehead atoms. The van der Waals surface area contributed by atoms with E-state index in [0.717, 1.165) is 56.4 Å². The number of hydrogen-bond acceptors (Lipinski definition) is 6. The minimum absolute atomic E-state index is 0.103. The van der Waals surface area contributed by atoms with Crippen LogP contribution in [0.5, 0.6) is 5.75 Å². The summed E-state index contributed by atoms with van der Waals surface area (Å²) in [7, 11) is 0. The van der Waals surface area contributed by atoms with Crippen molar-refractivity contribution in [1.29, 1.82) is 0 Å². The van der Waals surface area contributed by atoms with Crippen molar-refractivity contribution in [3.63, 3.8) is 0 Å². The van der Waals surface area contributed by atoms with E-state index in [-0.39, 0.29) is 19.3 Å². The van der Waals surface area contributed by atoms with E-state index in [4.69, 9.17) is 9.72 Å². The van der Waals surface area contributed by atoms with Gasteiger partial charge in [-0.2, -0.15) is 0 Å². The van der Waals surface area contributed by atoms with E-state index < -0.39 is 0 Å². The van der Waals surface area contributed by atoms with Gasteiger partial charge in [0.25, 0.3) is 0 Å². The molecule has 0 aliphatic heterocycles. The van der Waals surface area contributed by atoms with Crippen molar-refractivity contribution in [3.05, 3.63) is 66.0 Å². The first-order valence-electron chi connectivity index (χ1n) is 11.4. The number of rotatable bonds is 7. The molecule has 2 heterocycles. The monoisotopic (exact) mass is 461 g/mol. The lowest BCUT2D eigenvalue weighted by Crippen LogP contribution is -2.19. The molecule has 2 aromatic carbocycles. The lowest BCUT2D eigenvalue weighted by molar-refractivity contribution is 0.151. The van der Waals surface area contributed by atoms with E-state index in [1.807, 2.05) is 30.3 Å². The largest absolute Gasteiger partial charge is 0.489 e. The van der Waals surface area contributed by atoms with Crippen LogP contribution < -0.4 is 4.74 Å². The number of nitrogens with one attached hydrogen (secondary N) is 1. The summed E-state index contributed by atoms with van der Waals surface area (Å²) in [5.41, 5.74) is 4.05. The Kier molecular flexibility index (Phi) is 6.62. The number of hydrogen-bond donors (Lipinski definition) is 3. The first-order chi connectivity index (χ1) is 16.2. The Bertz CT molecular complexity index is 1240. The molecular formula is C26H27N3O3S. The van der Waals surface area contributed by atoms with Gasteiger partial charge in [0.1, 0.15) is 11.6 Å². The van der Waals surface area contributed by atoms with Gasteiger partial charge in [-0.05, 0) is 61.1 Å². The highest BCUT2D eigenvalue weighted by molar-refractivity contribution is 7.99. The normalized spacial score (nSPS) is 14.6. The van der Waals surface area contributed by atoms with Crippen molar-refractivity contribution < 1.29 is 14.9 Å². The maximum absolute atomic E-state index is 9.66. The van der Waals surface area contributed by atoms with Crippen LogP contribution in [0.25, 0.3) is 22.4 Å². The van der Waals surface area contributed by atoms with Gasteiger partial charge in [-0.3, -0.25) is 4.98 Å². The van der Waals surface area contributed by atoms with Crippen molar-refractivity contribution in [3.8, 4) is 17.1 Å². The summed E-state index contributed by atoms with van der Waals surface area (Å²) in [4.78, 5) is 14.5. The number of H-pyrrole nitrogens is 1. The summed E-state index contributed by atoms with van der Waals surface area (Å²) >= 11 is 1.65. The van der Waals surface area contributed by atoms with Gasteiger partial charge in [0.05, 0.1) is 35.2 Å². The highest BCUT2D eigenvalue weighted by atomic mass is 32.2. The molecule has 0 radical (unpaired) electrons. The maximum Gasteiger partial charge on any atom is 0.138 e. The zero-order chi connectivity index (χ0) is 22.6. The minimum atomic E-state index is -0.129. The average molecular weight is 462 g/mol. The maximum atomic E-state index is 9.66. The molecule has 5 rings (SSSR count). The number of fused-ring (bicyclic) bond motifs is 1. The van der Waals surface area contributed by atoms with Gasteiger partial charge in [0.2, 0.25) is 0 Å². The zero-order valence-corrected chi connectivity index (χ0v) is 19.1. The molecule has 170 valence electrons. The van der Waals surface area contributed by atoms with Gasteiger partial charge in [0, 0.05) is 28.9 Å². The van der Waals surface area contributed by atoms with Crippen LogP contribution in [0, 0.1) is 0 Å². The smallest absolute Gasteiger partial charge is 0.138 e. The number of benzene rings is 2. The Labute approximate surface area is 197 Å². The van der Waals surface area contributed by atoms with E-state index >= 15 is 0 Å². The molecule has 1 aliphatic rings. The van der Waals surface area contributed by atoms with E-state index in [1.165, 1.54) is 19.3 Å². The summed E-state index contributed by atoms with van der Waals surface area (Å²) < 4.78 is 6.50. The van der Waals surface area contributed by atoms with Crippen LogP contribution in [-0.4, -0.2) is 31.3 Å². The second-order valence-electron chi connectivity index (χ2n) is 8.36. The van der Waals surface area contributed by atoms with E-state index in [9.17, 15) is 10.2 Å². The SMILES string of the molecule is OCc1ccc(-c2nc3cc(Sc4ccncc4)c(OC4CCCCC4)cc3[nH]2)cc1CO. The Morgan fingerprint density at radius 1 is 0.939 bits per heavy atom. The third kappa shape index (κ3) is 4.90. The summed E-state index contributed by atoms with van der Waals surface area (Å²) in [5, 5.41) is 19.2. The first-order valence-corrected chi connectivity index (χ1v) is 12.2. The molecule has 0 amide bonds. The van der Waals surface area contributed by atoms with Crippen LogP contribution in [0.15, 0.2) is 64.6 Å². The van der Waals surface area contributed by atoms with E-state index in [2.05, 4.69) is 22.1 Å². The number of aliphatic hydroxyl groups excluding tert-OH is 2. The zero-order valence-electron chi connectivity index (χ0n) is 18.3. The fourth-order valence-corrected chi connectivity index (χ4v) is 5.19. The predicted molar refractivity (Wildman–Crippen MR) is 129 cm³/mol. The second-order valence-corrected chi connectivity index (χ2v) is 9.48. The van der Waals surface area contributed by atoms with Crippen LogP contribution in [0.3, 0.4) is 0 Å². The van der Waals surface area contributed by atoms with Crippen molar-refractivity contribution in [2.75, 3.05) is 0 Å². The number of pyridine rings is 1. The van der Waals surface area contributed by atoms with Gasteiger partial charge in [-0.1, -0.05) is 30.3 Å². The third-order valence-electron chi connectivity index (χ3n) is 6.09. The minimum Gasteiger partial charge on any atom is -0.489 e. The number of ether oxygens (including phenoxy) is 1. The second kappa shape index (κ2) is 9.95. The fraction of sp³-hybridized carbons (Fsp3) is 0.308. The van der Waals surface area contributed by atoms with Crippen LogP contribution in [0.1, 0.15) is 43.2 Å². The van der Waals surface area contributed by atoms with Gasteiger partial charge < -0.3 is 19.9 Å². The number of aliphatic hydroxyl groups is 2. The molecule has 0 unspecified atom stereocenters. The molecule has 0 atom stereocenters. The Balaban J connectivity index is 1.53. The number of nitrogens with zero attached hydrogens (tertiary/aromatic N) is 2. The molecule has 1 aliphatic carbocycles. The topological polar surface area (TPSA) is 91.3 Å². The molecule has 7 heteroatoms. The van der Waals surface area contributed by atoms with Crippen molar-refractivity contribution in [2.45, 2.75) is 61.2 Å². The van der Waals surface area contributed by atoms with Gasteiger partial charge in [-0.25, -0.2) is 4.98 Å². The lowest BCUT2D eigenvalue weighted by atomic mass is 9.98. The highest BCUT2D eigenvalue weighted by Gasteiger charge is 2.19. The molecule has 1 saturated carbocycles.